The summed E-state index contributed by atoms with van der Waals surface area (Å²) in [6, 6.07) is 5.28. The minimum atomic E-state index is -4.75. The molecule has 146 valence electrons. The SMILES string of the molecule is FC(F)(F)Oc1ccc([C@H](c2c(Cl)cnc(Cl)c2Cl)N2CCNCC2)cc1. The van der Waals surface area contributed by atoms with Gasteiger partial charge in [0.05, 0.1) is 16.1 Å². The number of alkyl halides is 3. The van der Waals surface area contributed by atoms with Crippen LogP contribution >= 0.6 is 34.8 Å². The monoisotopic (exact) mass is 439 g/mol. The molecule has 2 aromatic rings. The molecular formula is C17H15Cl3F3N3O. The van der Waals surface area contributed by atoms with Crippen LogP contribution in [0.15, 0.2) is 30.5 Å². The summed E-state index contributed by atoms with van der Waals surface area (Å²) in [6.45, 7) is 2.94. The van der Waals surface area contributed by atoms with Crippen LogP contribution in [0.3, 0.4) is 0 Å². The lowest BCUT2D eigenvalue weighted by Gasteiger charge is -2.36. The van der Waals surface area contributed by atoms with Gasteiger partial charge in [0.25, 0.3) is 0 Å². The van der Waals surface area contributed by atoms with Gasteiger partial charge in [-0.1, -0.05) is 46.9 Å². The molecule has 1 aliphatic heterocycles. The number of ether oxygens (including phenoxy) is 1. The molecule has 0 saturated carbocycles. The lowest BCUT2D eigenvalue weighted by Crippen LogP contribution is -2.45. The molecule has 4 nitrogen and oxygen atoms in total. The lowest BCUT2D eigenvalue weighted by molar-refractivity contribution is -0.274. The third-order valence-electron chi connectivity index (χ3n) is 4.19. The molecule has 0 radical (unpaired) electrons. The van der Waals surface area contributed by atoms with Gasteiger partial charge in [-0.2, -0.15) is 0 Å². The van der Waals surface area contributed by atoms with Gasteiger partial charge in [0, 0.05) is 37.9 Å². The van der Waals surface area contributed by atoms with Crippen LogP contribution < -0.4 is 10.1 Å². The van der Waals surface area contributed by atoms with E-state index >= 15 is 0 Å². The minimum Gasteiger partial charge on any atom is -0.406 e. The second-order valence-corrected chi connectivity index (χ2v) is 7.07. The van der Waals surface area contributed by atoms with E-state index in [1.165, 1.54) is 18.3 Å². The van der Waals surface area contributed by atoms with Crippen molar-refractivity contribution in [1.82, 2.24) is 15.2 Å². The van der Waals surface area contributed by atoms with Crippen molar-refractivity contribution in [2.45, 2.75) is 12.4 Å². The summed E-state index contributed by atoms with van der Waals surface area (Å²) in [6.07, 6.45) is -3.33. The van der Waals surface area contributed by atoms with Crippen molar-refractivity contribution in [3.8, 4) is 5.75 Å². The second kappa shape index (κ2) is 8.41. The summed E-state index contributed by atoms with van der Waals surface area (Å²) in [7, 11) is 0. The van der Waals surface area contributed by atoms with Gasteiger partial charge in [-0.05, 0) is 17.7 Å². The maximum atomic E-state index is 12.4. The van der Waals surface area contributed by atoms with Crippen molar-refractivity contribution in [2.75, 3.05) is 26.2 Å². The molecule has 1 aromatic heterocycles. The van der Waals surface area contributed by atoms with Gasteiger partial charge in [0.2, 0.25) is 0 Å². The first kappa shape index (κ1) is 20.5. The summed E-state index contributed by atoms with van der Waals surface area (Å²) in [5.41, 5.74) is 1.29. The van der Waals surface area contributed by atoms with E-state index in [1.54, 1.807) is 12.1 Å². The van der Waals surface area contributed by atoms with E-state index in [9.17, 15) is 13.2 Å². The van der Waals surface area contributed by atoms with Crippen LogP contribution in [0.1, 0.15) is 17.2 Å². The van der Waals surface area contributed by atoms with E-state index in [4.69, 9.17) is 34.8 Å². The summed E-state index contributed by atoms with van der Waals surface area (Å²) in [5.74, 6) is -0.296. The zero-order valence-corrected chi connectivity index (χ0v) is 16.1. The molecule has 0 unspecified atom stereocenters. The van der Waals surface area contributed by atoms with Gasteiger partial charge in [0.1, 0.15) is 10.9 Å². The normalized spacial score (nSPS) is 17.0. The number of nitrogens with zero attached hydrogens (tertiary/aromatic N) is 2. The molecular weight excluding hydrogens is 426 g/mol. The molecule has 0 aliphatic carbocycles. The Kier molecular flexibility index (Phi) is 6.38. The largest absolute Gasteiger partial charge is 0.573 e. The number of benzene rings is 1. The maximum absolute atomic E-state index is 12.4. The number of hydrogen-bond donors (Lipinski definition) is 1. The zero-order chi connectivity index (χ0) is 19.6. The highest BCUT2D eigenvalue weighted by molar-refractivity contribution is 6.43. The fourth-order valence-electron chi connectivity index (χ4n) is 3.06. The third kappa shape index (κ3) is 4.97. The van der Waals surface area contributed by atoms with Gasteiger partial charge in [0.15, 0.2) is 0 Å². The molecule has 27 heavy (non-hydrogen) atoms. The molecule has 10 heteroatoms. The van der Waals surface area contributed by atoms with Gasteiger partial charge >= 0.3 is 6.36 Å². The number of hydrogen-bond acceptors (Lipinski definition) is 4. The maximum Gasteiger partial charge on any atom is 0.573 e. The van der Waals surface area contributed by atoms with E-state index < -0.39 is 6.36 Å². The Morgan fingerprint density at radius 3 is 2.30 bits per heavy atom. The number of aromatic nitrogens is 1. The molecule has 0 amide bonds. The van der Waals surface area contributed by atoms with Crippen molar-refractivity contribution in [1.29, 1.82) is 0 Å². The van der Waals surface area contributed by atoms with Crippen LogP contribution in [0.5, 0.6) is 5.75 Å². The van der Waals surface area contributed by atoms with Crippen molar-refractivity contribution in [3.05, 3.63) is 56.8 Å². The van der Waals surface area contributed by atoms with Crippen LogP contribution in [0.4, 0.5) is 13.2 Å². The van der Waals surface area contributed by atoms with Crippen LogP contribution in [-0.4, -0.2) is 42.4 Å². The number of pyridine rings is 1. The first-order chi connectivity index (χ1) is 12.8. The van der Waals surface area contributed by atoms with Gasteiger partial charge in [-0.15, -0.1) is 13.2 Å². The lowest BCUT2D eigenvalue weighted by atomic mass is 9.97. The van der Waals surface area contributed by atoms with E-state index in [-0.39, 0.29) is 22.0 Å². The fraction of sp³-hybridized carbons (Fsp3) is 0.353. The number of nitrogens with one attached hydrogen (secondary N) is 1. The fourth-order valence-corrected chi connectivity index (χ4v) is 3.76. The molecule has 1 saturated heterocycles. The molecule has 1 aromatic carbocycles. The highest BCUT2D eigenvalue weighted by Crippen LogP contribution is 2.40. The predicted molar refractivity (Wildman–Crippen MR) is 98.7 cm³/mol. The Bertz CT molecular complexity index is 796. The van der Waals surface area contributed by atoms with E-state index in [0.29, 0.717) is 23.7 Å². The summed E-state index contributed by atoms with van der Waals surface area (Å²) < 4.78 is 41.2. The smallest absolute Gasteiger partial charge is 0.406 e. The molecule has 0 bridgehead atoms. The van der Waals surface area contributed by atoms with Crippen LogP contribution in [0, 0.1) is 0 Å². The average Bonchev–Trinajstić information content (AvgIpc) is 2.62. The Labute approximate surface area is 169 Å². The Morgan fingerprint density at radius 2 is 1.70 bits per heavy atom. The molecule has 2 heterocycles. The average molecular weight is 441 g/mol. The standard InChI is InChI=1S/C17H15Cl3F3N3O/c18-12-9-25-16(20)14(19)13(12)15(26-7-5-24-6-8-26)10-1-3-11(4-2-10)27-17(21,22)23/h1-4,9,15,24H,5-8H2/t15-/m1/s1. The minimum absolute atomic E-state index is 0.119. The van der Waals surface area contributed by atoms with Crippen molar-refractivity contribution >= 4 is 34.8 Å². The topological polar surface area (TPSA) is 37.4 Å². The first-order valence-electron chi connectivity index (χ1n) is 8.06. The number of rotatable bonds is 4. The molecule has 1 N–H and O–H groups in total. The predicted octanol–water partition coefficient (Wildman–Crippen LogP) is 4.94. The van der Waals surface area contributed by atoms with Gasteiger partial charge < -0.3 is 10.1 Å². The number of piperazine rings is 1. The highest BCUT2D eigenvalue weighted by Gasteiger charge is 2.32. The summed E-state index contributed by atoms with van der Waals surface area (Å²) >= 11 is 18.8. The van der Waals surface area contributed by atoms with Gasteiger partial charge in [-0.3, -0.25) is 4.90 Å². The summed E-state index contributed by atoms with van der Waals surface area (Å²) in [5, 5.41) is 3.94. The summed E-state index contributed by atoms with van der Waals surface area (Å²) in [4.78, 5) is 6.08. The van der Waals surface area contributed by atoms with Crippen molar-refractivity contribution in [2.24, 2.45) is 0 Å². The van der Waals surface area contributed by atoms with E-state index in [1.807, 2.05) is 0 Å². The van der Waals surface area contributed by atoms with E-state index in [0.717, 1.165) is 18.7 Å². The number of halogens is 6. The van der Waals surface area contributed by atoms with Crippen LogP contribution in [0.2, 0.25) is 15.2 Å². The Morgan fingerprint density at radius 1 is 1.07 bits per heavy atom. The third-order valence-corrected chi connectivity index (χ3v) is 5.25. The Hall–Kier alpha value is -1.25. The molecule has 1 aliphatic rings. The zero-order valence-electron chi connectivity index (χ0n) is 13.9. The highest BCUT2D eigenvalue weighted by atomic mass is 35.5. The van der Waals surface area contributed by atoms with Crippen molar-refractivity contribution < 1.29 is 17.9 Å². The molecule has 0 spiro atoms. The van der Waals surface area contributed by atoms with Crippen LogP contribution in [-0.2, 0) is 0 Å². The Balaban J connectivity index is 2.02. The quantitative estimate of drug-likeness (QED) is 0.684. The van der Waals surface area contributed by atoms with Gasteiger partial charge in [-0.25, -0.2) is 4.98 Å². The second-order valence-electron chi connectivity index (χ2n) is 5.93. The first-order valence-corrected chi connectivity index (χ1v) is 9.19. The molecule has 1 fully saturated rings. The van der Waals surface area contributed by atoms with Crippen molar-refractivity contribution in [3.63, 3.8) is 0 Å². The van der Waals surface area contributed by atoms with Crippen LogP contribution in [0.25, 0.3) is 0 Å². The van der Waals surface area contributed by atoms with E-state index in [2.05, 4.69) is 19.9 Å². The molecule has 3 rings (SSSR count). The molecule has 1 atom stereocenters.